The van der Waals surface area contributed by atoms with E-state index in [2.05, 4.69) is 10.2 Å². The van der Waals surface area contributed by atoms with Gasteiger partial charge in [-0.2, -0.15) is 5.10 Å². The second kappa shape index (κ2) is 4.27. The number of nitrogens with zero attached hydrogens (tertiary/aromatic N) is 2. The summed E-state index contributed by atoms with van der Waals surface area (Å²) >= 11 is 0. The molecule has 0 saturated heterocycles. The maximum absolute atomic E-state index is 12.4. The minimum Gasteiger partial charge on any atom is -0.326 e. The Morgan fingerprint density at radius 3 is 3.06 bits per heavy atom. The largest absolute Gasteiger partial charge is 0.326 e. The van der Waals surface area contributed by atoms with Crippen LogP contribution in [0.5, 0.6) is 0 Å². The van der Waals surface area contributed by atoms with Gasteiger partial charge in [-0.25, -0.2) is 0 Å². The Bertz CT molecular complexity index is 564. The van der Waals surface area contributed by atoms with Crippen LogP contribution in [0.3, 0.4) is 0 Å². The van der Waals surface area contributed by atoms with Crippen LogP contribution in [0.2, 0.25) is 0 Å². The molecule has 0 radical (unpaired) electrons. The third-order valence-electron chi connectivity index (χ3n) is 3.17. The monoisotopic (exact) mass is 242 g/mol. The van der Waals surface area contributed by atoms with Crippen LogP contribution in [0.25, 0.3) is 0 Å². The van der Waals surface area contributed by atoms with Gasteiger partial charge in [0.1, 0.15) is 0 Å². The lowest BCUT2D eigenvalue weighted by molar-refractivity contribution is 0.0983. The third-order valence-corrected chi connectivity index (χ3v) is 3.17. The van der Waals surface area contributed by atoms with Gasteiger partial charge in [-0.3, -0.25) is 9.89 Å². The Labute approximate surface area is 105 Å². The fourth-order valence-electron chi connectivity index (χ4n) is 2.34. The molecule has 1 unspecified atom stereocenters. The summed E-state index contributed by atoms with van der Waals surface area (Å²) in [5.41, 5.74) is 8.64. The number of anilines is 1. The van der Waals surface area contributed by atoms with Gasteiger partial charge in [0.05, 0.1) is 11.8 Å². The number of aromatic nitrogens is 2. The highest BCUT2D eigenvalue weighted by atomic mass is 16.2. The standard InChI is InChI=1S/C13H14N4O/c14-11-5-9-3-1-2-4-12(9)17(8-11)13(18)10-6-15-16-7-10/h1-4,6-7,11H,5,8,14H2,(H,15,16). The maximum Gasteiger partial charge on any atom is 0.261 e. The fraction of sp³-hybridized carbons (Fsp3) is 0.231. The summed E-state index contributed by atoms with van der Waals surface area (Å²) in [7, 11) is 0. The van der Waals surface area contributed by atoms with Gasteiger partial charge in [-0.15, -0.1) is 0 Å². The number of hydrogen-bond acceptors (Lipinski definition) is 3. The van der Waals surface area contributed by atoms with Crippen molar-refractivity contribution in [2.45, 2.75) is 12.5 Å². The van der Waals surface area contributed by atoms with Gasteiger partial charge in [0.25, 0.3) is 5.91 Å². The molecule has 3 N–H and O–H groups in total. The molecule has 1 aromatic carbocycles. The molecule has 0 fully saturated rings. The van der Waals surface area contributed by atoms with Crippen molar-refractivity contribution in [2.75, 3.05) is 11.4 Å². The van der Waals surface area contributed by atoms with Crippen LogP contribution < -0.4 is 10.6 Å². The van der Waals surface area contributed by atoms with Gasteiger partial charge in [0, 0.05) is 24.5 Å². The van der Waals surface area contributed by atoms with E-state index >= 15 is 0 Å². The number of benzene rings is 1. The van der Waals surface area contributed by atoms with Crippen molar-refractivity contribution < 1.29 is 4.79 Å². The summed E-state index contributed by atoms with van der Waals surface area (Å²) in [5, 5.41) is 6.47. The summed E-state index contributed by atoms with van der Waals surface area (Å²) in [6.07, 6.45) is 3.95. The number of carbonyl (C=O) groups excluding carboxylic acids is 1. The minimum absolute atomic E-state index is 0.0178. The maximum atomic E-state index is 12.4. The molecule has 0 spiro atoms. The SMILES string of the molecule is NC1Cc2ccccc2N(C(=O)c2cn[nH]c2)C1. The average molecular weight is 242 g/mol. The Hall–Kier alpha value is -2.14. The highest BCUT2D eigenvalue weighted by Crippen LogP contribution is 2.27. The van der Waals surface area contributed by atoms with Crippen molar-refractivity contribution in [2.24, 2.45) is 5.73 Å². The number of rotatable bonds is 1. The summed E-state index contributed by atoms with van der Waals surface area (Å²) < 4.78 is 0. The van der Waals surface area contributed by atoms with Crippen LogP contribution in [-0.2, 0) is 6.42 Å². The number of amides is 1. The number of fused-ring (bicyclic) bond motifs is 1. The third kappa shape index (κ3) is 1.78. The molecule has 5 nitrogen and oxygen atoms in total. The van der Waals surface area contributed by atoms with Crippen molar-refractivity contribution in [1.82, 2.24) is 10.2 Å². The van der Waals surface area contributed by atoms with Crippen molar-refractivity contribution in [1.29, 1.82) is 0 Å². The summed E-state index contributed by atoms with van der Waals surface area (Å²) in [5.74, 6) is -0.0636. The highest BCUT2D eigenvalue weighted by molar-refractivity contribution is 6.06. The van der Waals surface area contributed by atoms with Crippen LogP contribution in [-0.4, -0.2) is 28.7 Å². The molecule has 0 aliphatic carbocycles. The molecule has 2 aromatic rings. The Morgan fingerprint density at radius 1 is 1.44 bits per heavy atom. The molecule has 3 rings (SSSR count). The van der Waals surface area contributed by atoms with Gasteiger partial charge in [-0.05, 0) is 18.1 Å². The van der Waals surface area contributed by atoms with E-state index in [1.807, 2.05) is 24.3 Å². The number of nitrogens with one attached hydrogen (secondary N) is 1. The van der Waals surface area contributed by atoms with Crippen LogP contribution in [0.1, 0.15) is 15.9 Å². The Balaban J connectivity index is 2.00. The number of hydrogen-bond donors (Lipinski definition) is 2. The number of para-hydroxylation sites is 1. The van der Waals surface area contributed by atoms with Crippen molar-refractivity contribution in [3.05, 3.63) is 47.8 Å². The van der Waals surface area contributed by atoms with Gasteiger partial charge in [0.15, 0.2) is 0 Å². The molecule has 1 atom stereocenters. The topological polar surface area (TPSA) is 75.0 Å². The van der Waals surface area contributed by atoms with Gasteiger partial charge in [-0.1, -0.05) is 18.2 Å². The first-order chi connectivity index (χ1) is 8.75. The van der Waals surface area contributed by atoms with Crippen molar-refractivity contribution in [3.63, 3.8) is 0 Å². The Morgan fingerprint density at radius 2 is 2.28 bits per heavy atom. The minimum atomic E-state index is -0.0636. The lowest BCUT2D eigenvalue weighted by atomic mass is 9.98. The van der Waals surface area contributed by atoms with E-state index < -0.39 is 0 Å². The fourth-order valence-corrected chi connectivity index (χ4v) is 2.34. The molecule has 0 bridgehead atoms. The molecule has 1 aromatic heterocycles. The first-order valence-electron chi connectivity index (χ1n) is 5.90. The van der Waals surface area contributed by atoms with Crippen LogP contribution in [0.4, 0.5) is 5.69 Å². The summed E-state index contributed by atoms with van der Waals surface area (Å²) in [4.78, 5) is 14.1. The molecule has 5 heteroatoms. The highest BCUT2D eigenvalue weighted by Gasteiger charge is 2.27. The zero-order valence-electron chi connectivity index (χ0n) is 9.84. The molecule has 0 saturated carbocycles. The van der Waals surface area contributed by atoms with Gasteiger partial charge >= 0.3 is 0 Å². The summed E-state index contributed by atoms with van der Waals surface area (Å²) in [6, 6.07) is 7.86. The van der Waals surface area contributed by atoms with E-state index in [9.17, 15) is 4.79 Å². The zero-order chi connectivity index (χ0) is 12.5. The summed E-state index contributed by atoms with van der Waals surface area (Å²) in [6.45, 7) is 0.543. The predicted octanol–water partition coefficient (Wildman–Crippen LogP) is 0.940. The Kier molecular flexibility index (Phi) is 2.60. The smallest absolute Gasteiger partial charge is 0.261 e. The molecule has 1 aliphatic rings. The first kappa shape index (κ1) is 11.0. The van der Waals surface area contributed by atoms with Crippen LogP contribution in [0.15, 0.2) is 36.7 Å². The second-order valence-corrected chi connectivity index (χ2v) is 4.50. The predicted molar refractivity (Wildman–Crippen MR) is 68.4 cm³/mol. The van der Waals surface area contributed by atoms with E-state index in [0.29, 0.717) is 12.1 Å². The van der Waals surface area contributed by atoms with E-state index in [1.54, 1.807) is 11.1 Å². The van der Waals surface area contributed by atoms with E-state index in [0.717, 1.165) is 17.7 Å². The lowest BCUT2D eigenvalue weighted by Gasteiger charge is -2.32. The van der Waals surface area contributed by atoms with Crippen molar-refractivity contribution >= 4 is 11.6 Å². The lowest BCUT2D eigenvalue weighted by Crippen LogP contribution is -2.46. The van der Waals surface area contributed by atoms with Gasteiger partial charge < -0.3 is 10.6 Å². The van der Waals surface area contributed by atoms with Crippen LogP contribution >= 0.6 is 0 Å². The number of H-pyrrole nitrogens is 1. The van der Waals surface area contributed by atoms with Crippen molar-refractivity contribution in [3.8, 4) is 0 Å². The molecule has 1 amide bonds. The molecule has 18 heavy (non-hydrogen) atoms. The number of nitrogens with two attached hydrogens (primary N) is 1. The molecular formula is C13H14N4O. The van der Waals surface area contributed by atoms with E-state index in [4.69, 9.17) is 5.73 Å². The normalized spacial score (nSPS) is 18.5. The molecule has 1 aliphatic heterocycles. The van der Waals surface area contributed by atoms with Crippen LogP contribution in [0, 0.1) is 0 Å². The zero-order valence-corrected chi connectivity index (χ0v) is 9.84. The molecule has 2 heterocycles. The van der Waals surface area contributed by atoms with E-state index in [1.165, 1.54) is 6.20 Å². The number of aromatic amines is 1. The van der Waals surface area contributed by atoms with E-state index in [-0.39, 0.29) is 11.9 Å². The molecule has 92 valence electrons. The first-order valence-corrected chi connectivity index (χ1v) is 5.90. The quantitative estimate of drug-likeness (QED) is 0.781. The molecular weight excluding hydrogens is 228 g/mol. The van der Waals surface area contributed by atoms with Gasteiger partial charge in [0.2, 0.25) is 0 Å². The number of carbonyl (C=O) groups is 1. The second-order valence-electron chi connectivity index (χ2n) is 4.50. The average Bonchev–Trinajstić information content (AvgIpc) is 2.90.